The molecule has 15 heavy (non-hydrogen) atoms. The topological polar surface area (TPSA) is 40.5 Å². The number of nitrogens with zero attached hydrogens (tertiary/aromatic N) is 1. The van der Waals surface area contributed by atoms with Crippen molar-refractivity contribution in [3.8, 4) is 0 Å². The van der Waals surface area contributed by atoms with Crippen molar-refractivity contribution in [2.24, 2.45) is 0 Å². The highest BCUT2D eigenvalue weighted by atomic mass is 35.5. The van der Waals surface area contributed by atoms with Gasteiger partial charge in [0.1, 0.15) is 0 Å². The number of halogens is 1. The molecule has 80 valence electrons. The minimum atomic E-state index is -0.840. The maximum Gasteiger partial charge on any atom is 0.407 e. The van der Waals surface area contributed by atoms with Crippen LogP contribution in [0.3, 0.4) is 0 Å². The van der Waals surface area contributed by atoms with E-state index in [0.29, 0.717) is 11.6 Å². The summed E-state index contributed by atoms with van der Waals surface area (Å²) in [5.74, 6) is 0. The van der Waals surface area contributed by atoms with Crippen molar-refractivity contribution >= 4 is 17.7 Å². The third-order valence-electron chi connectivity index (χ3n) is 2.75. The standard InChI is InChI=1S/C11H12ClNO2/c12-9-5-3-8(4-6-9)10-2-1-7-13(10)11(14)15/h3-6,10H,1-2,7H2,(H,14,15). The van der Waals surface area contributed by atoms with E-state index in [0.717, 1.165) is 18.4 Å². The van der Waals surface area contributed by atoms with Crippen LogP contribution in [-0.2, 0) is 0 Å². The van der Waals surface area contributed by atoms with E-state index in [2.05, 4.69) is 0 Å². The summed E-state index contributed by atoms with van der Waals surface area (Å²) in [6.07, 6.45) is 0.987. The summed E-state index contributed by atoms with van der Waals surface area (Å²) in [5, 5.41) is 9.68. The third-order valence-corrected chi connectivity index (χ3v) is 3.01. The fraction of sp³-hybridized carbons (Fsp3) is 0.364. The van der Waals surface area contributed by atoms with E-state index >= 15 is 0 Å². The maximum atomic E-state index is 11.0. The van der Waals surface area contributed by atoms with E-state index in [1.807, 2.05) is 12.1 Å². The van der Waals surface area contributed by atoms with Gasteiger partial charge in [0, 0.05) is 11.6 Å². The first-order valence-corrected chi connectivity index (χ1v) is 5.31. The molecule has 1 aromatic carbocycles. The average Bonchev–Trinajstić information content (AvgIpc) is 2.67. The molecule has 1 saturated heterocycles. The van der Waals surface area contributed by atoms with Crippen LogP contribution in [0.25, 0.3) is 0 Å². The number of amides is 1. The van der Waals surface area contributed by atoms with Gasteiger partial charge in [-0.05, 0) is 30.5 Å². The van der Waals surface area contributed by atoms with E-state index < -0.39 is 6.09 Å². The van der Waals surface area contributed by atoms with Crippen LogP contribution in [0, 0.1) is 0 Å². The van der Waals surface area contributed by atoms with Crippen LogP contribution < -0.4 is 0 Å². The van der Waals surface area contributed by atoms with E-state index in [4.69, 9.17) is 16.7 Å². The quantitative estimate of drug-likeness (QED) is 0.798. The number of hydrogen-bond donors (Lipinski definition) is 1. The molecular weight excluding hydrogens is 214 g/mol. The number of hydrogen-bond acceptors (Lipinski definition) is 1. The summed E-state index contributed by atoms with van der Waals surface area (Å²) in [5.41, 5.74) is 1.03. The third kappa shape index (κ3) is 2.07. The van der Waals surface area contributed by atoms with Crippen LogP contribution >= 0.6 is 11.6 Å². The van der Waals surface area contributed by atoms with Crippen LogP contribution in [0.1, 0.15) is 24.4 Å². The van der Waals surface area contributed by atoms with Gasteiger partial charge in [0.15, 0.2) is 0 Å². The van der Waals surface area contributed by atoms with Gasteiger partial charge in [0.05, 0.1) is 6.04 Å². The zero-order valence-corrected chi connectivity index (χ0v) is 8.94. The molecule has 0 radical (unpaired) electrons. The molecule has 1 amide bonds. The summed E-state index contributed by atoms with van der Waals surface area (Å²) in [7, 11) is 0. The number of benzene rings is 1. The van der Waals surface area contributed by atoms with E-state index in [1.54, 1.807) is 12.1 Å². The molecule has 1 aliphatic heterocycles. The first kappa shape index (κ1) is 10.3. The number of carboxylic acid groups (broad SMARTS) is 1. The van der Waals surface area contributed by atoms with E-state index in [-0.39, 0.29) is 6.04 Å². The number of likely N-dealkylation sites (tertiary alicyclic amines) is 1. The summed E-state index contributed by atoms with van der Waals surface area (Å²) in [6, 6.07) is 7.40. The monoisotopic (exact) mass is 225 g/mol. The Morgan fingerprint density at radius 2 is 2.07 bits per heavy atom. The average molecular weight is 226 g/mol. The van der Waals surface area contributed by atoms with Crippen LogP contribution in [0.15, 0.2) is 24.3 Å². The SMILES string of the molecule is O=C(O)N1CCCC1c1ccc(Cl)cc1. The van der Waals surface area contributed by atoms with Gasteiger partial charge in [-0.2, -0.15) is 0 Å². The Labute approximate surface area is 93.3 Å². The van der Waals surface area contributed by atoms with Gasteiger partial charge in [-0.3, -0.25) is 0 Å². The summed E-state index contributed by atoms with van der Waals surface area (Å²) in [6.45, 7) is 0.628. The second kappa shape index (κ2) is 4.11. The summed E-state index contributed by atoms with van der Waals surface area (Å²) >= 11 is 5.79. The van der Waals surface area contributed by atoms with Crippen LogP contribution in [0.4, 0.5) is 4.79 Å². The molecule has 1 aromatic rings. The molecule has 0 bridgehead atoms. The molecule has 1 fully saturated rings. The minimum absolute atomic E-state index is 0.000216. The van der Waals surface area contributed by atoms with Crippen molar-refractivity contribution < 1.29 is 9.90 Å². The van der Waals surface area contributed by atoms with Crippen LogP contribution in [-0.4, -0.2) is 22.6 Å². The lowest BCUT2D eigenvalue weighted by molar-refractivity contribution is 0.140. The highest BCUT2D eigenvalue weighted by molar-refractivity contribution is 6.30. The van der Waals surface area contributed by atoms with Gasteiger partial charge >= 0.3 is 6.09 Å². The van der Waals surface area contributed by atoms with Crippen molar-refractivity contribution in [3.63, 3.8) is 0 Å². The van der Waals surface area contributed by atoms with Crippen LogP contribution in [0.5, 0.6) is 0 Å². The fourth-order valence-electron chi connectivity index (χ4n) is 2.03. The molecule has 1 unspecified atom stereocenters. The van der Waals surface area contributed by atoms with Gasteiger partial charge in [0.25, 0.3) is 0 Å². The normalized spacial score (nSPS) is 20.6. The van der Waals surface area contributed by atoms with Crippen molar-refractivity contribution in [2.75, 3.05) is 6.54 Å². The first-order valence-electron chi connectivity index (χ1n) is 4.93. The number of carbonyl (C=O) groups is 1. The van der Waals surface area contributed by atoms with E-state index in [1.165, 1.54) is 4.90 Å². The van der Waals surface area contributed by atoms with Crippen molar-refractivity contribution in [1.29, 1.82) is 0 Å². The zero-order chi connectivity index (χ0) is 10.8. The Balaban J connectivity index is 2.22. The largest absolute Gasteiger partial charge is 0.465 e. The van der Waals surface area contributed by atoms with E-state index in [9.17, 15) is 4.79 Å². The molecule has 0 aromatic heterocycles. The molecule has 3 nitrogen and oxygen atoms in total. The fourth-order valence-corrected chi connectivity index (χ4v) is 2.15. The lowest BCUT2D eigenvalue weighted by Gasteiger charge is -2.21. The molecule has 1 atom stereocenters. The first-order chi connectivity index (χ1) is 7.18. The molecule has 1 N–H and O–H groups in total. The predicted octanol–water partition coefficient (Wildman–Crippen LogP) is 3.15. The van der Waals surface area contributed by atoms with Crippen LogP contribution in [0.2, 0.25) is 5.02 Å². The molecule has 1 aliphatic rings. The Hall–Kier alpha value is -1.22. The van der Waals surface area contributed by atoms with Gasteiger partial charge in [-0.15, -0.1) is 0 Å². The van der Waals surface area contributed by atoms with Gasteiger partial charge in [0.2, 0.25) is 0 Å². The second-order valence-corrected chi connectivity index (χ2v) is 4.12. The Morgan fingerprint density at radius 3 is 2.67 bits per heavy atom. The van der Waals surface area contributed by atoms with Gasteiger partial charge < -0.3 is 10.0 Å². The molecule has 2 rings (SSSR count). The summed E-state index contributed by atoms with van der Waals surface area (Å²) < 4.78 is 0. The molecule has 0 spiro atoms. The lowest BCUT2D eigenvalue weighted by atomic mass is 10.1. The predicted molar refractivity (Wildman–Crippen MR) is 58.2 cm³/mol. The summed E-state index contributed by atoms with van der Waals surface area (Å²) in [4.78, 5) is 12.4. The zero-order valence-electron chi connectivity index (χ0n) is 8.19. The van der Waals surface area contributed by atoms with Gasteiger partial charge in [-0.1, -0.05) is 23.7 Å². The number of rotatable bonds is 1. The Bertz CT molecular complexity index is 363. The van der Waals surface area contributed by atoms with Gasteiger partial charge in [-0.25, -0.2) is 4.79 Å². The molecule has 1 heterocycles. The Morgan fingerprint density at radius 1 is 1.40 bits per heavy atom. The molecule has 0 saturated carbocycles. The molecule has 0 aliphatic carbocycles. The van der Waals surface area contributed by atoms with Crippen molar-refractivity contribution in [2.45, 2.75) is 18.9 Å². The lowest BCUT2D eigenvalue weighted by Crippen LogP contribution is -2.28. The van der Waals surface area contributed by atoms with Crippen molar-refractivity contribution in [1.82, 2.24) is 4.90 Å². The second-order valence-electron chi connectivity index (χ2n) is 3.69. The molecule has 4 heteroatoms. The molecular formula is C11H12ClNO2. The smallest absolute Gasteiger partial charge is 0.407 e. The maximum absolute atomic E-state index is 11.0. The minimum Gasteiger partial charge on any atom is -0.465 e. The van der Waals surface area contributed by atoms with Crippen molar-refractivity contribution in [3.05, 3.63) is 34.9 Å². The highest BCUT2D eigenvalue weighted by Gasteiger charge is 2.29. The Kier molecular flexibility index (Phi) is 2.82. The highest BCUT2D eigenvalue weighted by Crippen LogP contribution is 2.32.